The molecule has 2 aliphatic rings. The highest BCUT2D eigenvalue weighted by molar-refractivity contribution is 6.47. The Balaban J connectivity index is 1.39. The number of ether oxygens (including phenoxy) is 1. The van der Waals surface area contributed by atoms with Gasteiger partial charge in [-0.1, -0.05) is 0 Å². The first-order valence-corrected chi connectivity index (χ1v) is 11.9. The molecule has 2 aromatic rings. The monoisotopic (exact) mass is 469 g/mol. The van der Waals surface area contributed by atoms with Crippen molar-refractivity contribution < 1.29 is 14.5 Å². The average Bonchev–Trinajstić information content (AvgIpc) is 2.75. The summed E-state index contributed by atoms with van der Waals surface area (Å²) in [5, 5.41) is 13.5. The molecule has 0 atom stereocenters. The van der Waals surface area contributed by atoms with Crippen LogP contribution < -0.4 is 21.2 Å². The average molecular weight is 469 g/mol. The van der Waals surface area contributed by atoms with Gasteiger partial charge in [-0.3, -0.25) is 9.69 Å². The van der Waals surface area contributed by atoms with Gasteiger partial charge in [0.15, 0.2) is 0 Å². The van der Waals surface area contributed by atoms with E-state index in [4.69, 9.17) is 9.39 Å². The summed E-state index contributed by atoms with van der Waals surface area (Å²) >= 11 is 0. The van der Waals surface area contributed by atoms with Gasteiger partial charge in [-0.15, -0.1) is 0 Å². The van der Waals surface area contributed by atoms with Crippen molar-refractivity contribution in [2.75, 3.05) is 49.6 Å². The Labute approximate surface area is 202 Å². The Morgan fingerprint density at radius 1 is 1.18 bits per heavy atom. The lowest BCUT2D eigenvalue weighted by atomic mass is 9.83. The number of pyridine rings is 2. The largest absolute Gasteiger partial charge is 0.427 e. The third-order valence-electron chi connectivity index (χ3n) is 7.14. The first-order chi connectivity index (χ1) is 16.0. The zero-order valence-corrected chi connectivity index (χ0v) is 20.9. The van der Waals surface area contributed by atoms with E-state index in [0.29, 0.717) is 17.5 Å². The highest BCUT2D eigenvalue weighted by Gasteiger charge is 2.35. The lowest BCUT2D eigenvalue weighted by molar-refractivity contribution is -0.0893. The molecular weight excluding hydrogens is 433 g/mol. The molecule has 34 heavy (non-hydrogen) atoms. The number of nitrogens with zero attached hydrogens (tertiary/aromatic N) is 4. The molecule has 2 aromatic heterocycles. The van der Waals surface area contributed by atoms with Crippen molar-refractivity contribution in [3.05, 3.63) is 40.9 Å². The smallest absolute Gasteiger partial charge is 0.311 e. The maximum absolute atomic E-state index is 12.7. The molecule has 0 amide bonds. The Morgan fingerprint density at radius 2 is 1.88 bits per heavy atom. The molecule has 4 heterocycles. The number of anilines is 3. The van der Waals surface area contributed by atoms with Crippen molar-refractivity contribution in [1.82, 2.24) is 14.5 Å². The molecule has 9 nitrogen and oxygen atoms in total. The van der Waals surface area contributed by atoms with E-state index in [1.54, 1.807) is 33.2 Å². The fraction of sp³-hybridized carbons (Fsp3) is 0.583. The van der Waals surface area contributed by atoms with Crippen molar-refractivity contribution in [3.63, 3.8) is 0 Å². The van der Waals surface area contributed by atoms with Gasteiger partial charge in [-0.25, -0.2) is 4.98 Å². The summed E-state index contributed by atoms with van der Waals surface area (Å²) in [6.07, 6.45) is 3.60. The molecule has 2 N–H and O–H groups in total. The molecule has 0 spiro atoms. The molecular formula is C24H36BN5O4. The summed E-state index contributed by atoms with van der Waals surface area (Å²) < 4.78 is 12.8. The number of nitrogens with one attached hydrogen (secondary N) is 1. The second-order valence-electron chi connectivity index (χ2n) is 10.3. The van der Waals surface area contributed by atoms with Crippen LogP contribution in [0.1, 0.15) is 27.7 Å². The third-order valence-corrected chi connectivity index (χ3v) is 7.14. The quantitative estimate of drug-likeness (QED) is 0.543. The van der Waals surface area contributed by atoms with Crippen LogP contribution >= 0.6 is 0 Å². The molecule has 0 saturated carbocycles. The Hall–Kier alpha value is -2.40. The molecule has 184 valence electrons. The molecule has 0 bridgehead atoms. The van der Waals surface area contributed by atoms with Crippen LogP contribution in [0.4, 0.5) is 17.2 Å². The minimum Gasteiger partial charge on any atom is -0.427 e. The van der Waals surface area contributed by atoms with Crippen LogP contribution in [-0.4, -0.2) is 83.7 Å². The van der Waals surface area contributed by atoms with Gasteiger partial charge in [0.1, 0.15) is 11.5 Å². The van der Waals surface area contributed by atoms with Gasteiger partial charge < -0.3 is 29.3 Å². The number of hydrogen-bond acceptors (Lipinski definition) is 8. The Bertz CT molecular complexity index is 1040. The van der Waals surface area contributed by atoms with E-state index in [2.05, 4.69) is 20.1 Å². The summed E-state index contributed by atoms with van der Waals surface area (Å²) in [4.78, 5) is 22.1. The fourth-order valence-electron chi connectivity index (χ4n) is 3.95. The molecule has 0 aromatic carbocycles. The summed E-state index contributed by atoms with van der Waals surface area (Å²) in [6, 6.07) is 6.31. The number of piperazine rings is 1. The third kappa shape index (κ3) is 5.46. The molecule has 2 saturated heterocycles. The summed E-state index contributed by atoms with van der Waals surface area (Å²) in [5.74, 6) is 0.612. The lowest BCUT2D eigenvalue weighted by Crippen LogP contribution is -2.56. The lowest BCUT2D eigenvalue weighted by Gasteiger charge is -2.43. The predicted octanol–water partition coefficient (Wildman–Crippen LogP) is 0.588. The standard InChI is InChI=1S/C24H36BN5O4/c1-23(2,32)24(3,4)34-25-17-12-20(22(31)28(5)14-17)27-21-7-6-18(13-26-21)29-8-10-30(11-9-29)19-15-33-16-19/h6-7,12-14,19,25,32H,8-11,15-16H2,1-5H3,(H,26,27). The number of hydrogen-bond donors (Lipinski definition) is 2. The van der Waals surface area contributed by atoms with Gasteiger partial charge in [-0.2, -0.15) is 0 Å². The Kier molecular flexibility index (Phi) is 7.05. The van der Waals surface area contributed by atoms with Gasteiger partial charge >= 0.3 is 7.48 Å². The van der Waals surface area contributed by atoms with Gasteiger partial charge in [-0.05, 0) is 51.4 Å². The first kappa shape index (κ1) is 24.7. The highest BCUT2D eigenvalue weighted by Crippen LogP contribution is 2.24. The SMILES string of the molecule is Cn1cc(BOC(C)(C)C(C)(C)O)cc(Nc2ccc(N3CCN(C4COC4)CC3)cn2)c1=O. The molecule has 10 heteroatoms. The molecule has 0 radical (unpaired) electrons. The normalized spacial score (nSPS) is 18.0. The van der Waals surface area contributed by atoms with E-state index in [0.717, 1.165) is 50.5 Å². The van der Waals surface area contributed by atoms with E-state index in [9.17, 15) is 9.90 Å². The zero-order chi connectivity index (χ0) is 24.5. The number of aryl methyl sites for hydroxylation is 1. The summed E-state index contributed by atoms with van der Waals surface area (Å²) in [5.41, 5.74) is 0.448. The van der Waals surface area contributed by atoms with E-state index >= 15 is 0 Å². The van der Waals surface area contributed by atoms with Gasteiger partial charge in [0.2, 0.25) is 0 Å². The predicted molar refractivity (Wildman–Crippen MR) is 136 cm³/mol. The summed E-state index contributed by atoms with van der Waals surface area (Å²) in [6.45, 7) is 12.8. The fourth-order valence-corrected chi connectivity index (χ4v) is 3.95. The molecule has 2 aliphatic heterocycles. The van der Waals surface area contributed by atoms with Crippen LogP contribution in [0.25, 0.3) is 0 Å². The van der Waals surface area contributed by atoms with Gasteiger partial charge in [0.25, 0.3) is 5.56 Å². The van der Waals surface area contributed by atoms with Crippen LogP contribution in [-0.2, 0) is 16.4 Å². The van der Waals surface area contributed by atoms with Crippen LogP contribution in [0.2, 0.25) is 0 Å². The van der Waals surface area contributed by atoms with Crippen LogP contribution in [0, 0.1) is 0 Å². The minimum absolute atomic E-state index is 0.146. The molecule has 0 unspecified atom stereocenters. The van der Waals surface area contributed by atoms with E-state index < -0.39 is 11.2 Å². The highest BCUT2D eigenvalue weighted by atomic mass is 16.5. The maximum Gasteiger partial charge on any atom is 0.311 e. The first-order valence-electron chi connectivity index (χ1n) is 11.9. The number of aromatic nitrogens is 2. The van der Waals surface area contributed by atoms with E-state index in [1.807, 2.05) is 32.2 Å². The van der Waals surface area contributed by atoms with Crippen molar-refractivity contribution in [3.8, 4) is 0 Å². The second kappa shape index (κ2) is 9.69. The minimum atomic E-state index is -1.00. The van der Waals surface area contributed by atoms with Crippen molar-refractivity contribution in [2.24, 2.45) is 7.05 Å². The maximum atomic E-state index is 12.7. The van der Waals surface area contributed by atoms with E-state index in [1.165, 1.54) is 4.57 Å². The zero-order valence-electron chi connectivity index (χ0n) is 20.9. The molecule has 4 rings (SSSR count). The second-order valence-corrected chi connectivity index (χ2v) is 10.3. The van der Waals surface area contributed by atoms with Gasteiger partial charge in [0.05, 0.1) is 42.3 Å². The van der Waals surface area contributed by atoms with Crippen LogP contribution in [0.15, 0.2) is 35.4 Å². The number of rotatable bonds is 8. The number of aliphatic hydroxyl groups is 1. The Morgan fingerprint density at radius 3 is 2.44 bits per heavy atom. The van der Waals surface area contributed by atoms with Crippen molar-refractivity contribution in [1.29, 1.82) is 0 Å². The van der Waals surface area contributed by atoms with Crippen LogP contribution in [0.3, 0.4) is 0 Å². The topological polar surface area (TPSA) is 92.1 Å². The van der Waals surface area contributed by atoms with Crippen LogP contribution in [0.5, 0.6) is 0 Å². The van der Waals surface area contributed by atoms with E-state index in [-0.39, 0.29) is 13.0 Å². The molecule has 2 fully saturated rings. The van der Waals surface area contributed by atoms with Crippen molar-refractivity contribution in [2.45, 2.75) is 44.9 Å². The van der Waals surface area contributed by atoms with Gasteiger partial charge in [0, 0.05) is 39.4 Å². The summed E-state index contributed by atoms with van der Waals surface area (Å²) in [7, 11) is 1.98. The van der Waals surface area contributed by atoms with Crippen molar-refractivity contribution >= 4 is 30.1 Å². The molecule has 0 aliphatic carbocycles.